The number of hydrogen-bond donors (Lipinski definition) is 1. The zero-order valence-electron chi connectivity index (χ0n) is 6.25. The number of rotatable bonds is 6. The maximum absolute atomic E-state index is 9.78. The van der Waals surface area contributed by atoms with E-state index in [1.807, 2.05) is 6.92 Å². The van der Waals surface area contributed by atoms with Gasteiger partial charge in [0, 0.05) is 6.61 Å². The summed E-state index contributed by atoms with van der Waals surface area (Å²) < 4.78 is 4.63. The first-order chi connectivity index (χ1) is 4.81. The van der Waals surface area contributed by atoms with Crippen LogP contribution in [0.1, 0.15) is 26.2 Å². The van der Waals surface area contributed by atoms with Gasteiger partial charge < -0.3 is 9.84 Å². The van der Waals surface area contributed by atoms with Crippen LogP contribution in [0.2, 0.25) is 0 Å². The van der Waals surface area contributed by atoms with Gasteiger partial charge in [0.1, 0.15) is 0 Å². The molecule has 0 bridgehead atoms. The highest BCUT2D eigenvalue weighted by atomic mass is 16.5. The molecule has 0 spiro atoms. The standard InChI is InChI=1S/C7H14O3/c1-7(10-6-9)4-2-3-5-8/h6-8H,2-5H2,1H3. The summed E-state index contributed by atoms with van der Waals surface area (Å²) in [6.45, 7) is 2.52. The van der Waals surface area contributed by atoms with Gasteiger partial charge in [-0.1, -0.05) is 0 Å². The van der Waals surface area contributed by atoms with Gasteiger partial charge in [-0.2, -0.15) is 0 Å². The fraction of sp³-hybridized carbons (Fsp3) is 0.857. The summed E-state index contributed by atoms with van der Waals surface area (Å²) in [5.74, 6) is 0. The predicted octanol–water partition coefficient (Wildman–Crippen LogP) is 0.710. The second-order valence-corrected chi connectivity index (χ2v) is 2.26. The SMILES string of the molecule is CC(CCCCO)OC=O. The molecule has 0 saturated heterocycles. The van der Waals surface area contributed by atoms with Crippen LogP contribution < -0.4 is 0 Å². The van der Waals surface area contributed by atoms with Gasteiger partial charge in [0.05, 0.1) is 6.10 Å². The fourth-order valence-electron chi connectivity index (χ4n) is 0.706. The normalized spacial score (nSPS) is 12.6. The zero-order valence-corrected chi connectivity index (χ0v) is 6.25. The Morgan fingerprint density at radius 2 is 2.30 bits per heavy atom. The molecular formula is C7H14O3. The number of aliphatic hydroxyl groups excluding tert-OH is 1. The Labute approximate surface area is 61.0 Å². The maximum Gasteiger partial charge on any atom is 0.293 e. The monoisotopic (exact) mass is 146 g/mol. The summed E-state index contributed by atoms with van der Waals surface area (Å²) in [4.78, 5) is 9.78. The molecule has 1 N–H and O–H groups in total. The molecule has 0 rings (SSSR count). The topological polar surface area (TPSA) is 46.5 Å². The van der Waals surface area contributed by atoms with Crippen LogP contribution >= 0.6 is 0 Å². The van der Waals surface area contributed by atoms with Crippen molar-refractivity contribution in [2.45, 2.75) is 32.3 Å². The maximum atomic E-state index is 9.78. The lowest BCUT2D eigenvalue weighted by molar-refractivity contribution is -0.133. The second kappa shape index (κ2) is 6.55. The summed E-state index contributed by atoms with van der Waals surface area (Å²) in [5.41, 5.74) is 0. The molecule has 0 aromatic rings. The van der Waals surface area contributed by atoms with Crippen molar-refractivity contribution in [3.05, 3.63) is 0 Å². The lowest BCUT2D eigenvalue weighted by atomic mass is 10.2. The average molecular weight is 146 g/mol. The lowest BCUT2D eigenvalue weighted by Gasteiger charge is -2.07. The van der Waals surface area contributed by atoms with E-state index >= 15 is 0 Å². The molecule has 0 aromatic carbocycles. The van der Waals surface area contributed by atoms with Crippen molar-refractivity contribution in [1.82, 2.24) is 0 Å². The molecule has 1 unspecified atom stereocenters. The quantitative estimate of drug-likeness (QED) is 0.443. The highest BCUT2D eigenvalue weighted by molar-refractivity contribution is 5.37. The first-order valence-electron chi connectivity index (χ1n) is 3.51. The van der Waals surface area contributed by atoms with Gasteiger partial charge in [-0.15, -0.1) is 0 Å². The number of ether oxygens (including phenoxy) is 1. The molecular weight excluding hydrogens is 132 g/mol. The second-order valence-electron chi connectivity index (χ2n) is 2.26. The van der Waals surface area contributed by atoms with E-state index in [1.54, 1.807) is 0 Å². The summed E-state index contributed by atoms with van der Waals surface area (Å²) in [5, 5.41) is 8.40. The van der Waals surface area contributed by atoms with Crippen LogP contribution in [0.15, 0.2) is 0 Å². The highest BCUT2D eigenvalue weighted by Gasteiger charge is 1.99. The molecule has 0 saturated carbocycles. The van der Waals surface area contributed by atoms with Crippen molar-refractivity contribution < 1.29 is 14.6 Å². The van der Waals surface area contributed by atoms with Crippen LogP contribution in [0, 0.1) is 0 Å². The molecule has 0 aliphatic rings. The lowest BCUT2D eigenvalue weighted by Crippen LogP contribution is -2.06. The molecule has 10 heavy (non-hydrogen) atoms. The Morgan fingerprint density at radius 1 is 1.60 bits per heavy atom. The Balaban J connectivity index is 3.04. The van der Waals surface area contributed by atoms with Crippen molar-refractivity contribution in [1.29, 1.82) is 0 Å². The van der Waals surface area contributed by atoms with E-state index < -0.39 is 0 Å². The van der Waals surface area contributed by atoms with E-state index in [0.29, 0.717) is 6.47 Å². The summed E-state index contributed by atoms with van der Waals surface area (Å²) in [7, 11) is 0. The van der Waals surface area contributed by atoms with Gasteiger partial charge in [-0.25, -0.2) is 0 Å². The molecule has 1 atom stereocenters. The number of carbonyl (C=O) groups is 1. The smallest absolute Gasteiger partial charge is 0.293 e. The molecule has 0 aliphatic carbocycles. The van der Waals surface area contributed by atoms with E-state index in [-0.39, 0.29) is 12.7 Å². The summed E-state index contributed by atoms with van der Waals surface area (Å²) in [6.07, 6.45) is 2.52. The van der Waals surface area contributed by atoms with E-state index in [4.69, 9.17) is 5.11 Å². The van der Waals surface area contributed by atoms with Gasteiger partial charge >= 0.3 is 0 Å². The van der Waals surface area contributed by atoms with E-state index in [2.05, 4.69) is 4.74 Å². The third-order valence-electron chi connectivity index (χ3n) is 1.31. The van der Waals surface area contributed by atoms with Crippen LogP contribution in [0.3, 0.4) is 0 Å². The van der Waals surface area contributed by atoms with Gasteiger partial charge in [-0.3, -0.25) is 4.79 Å². The van der Waals surface area contributed by atoms with E-state index in [9.17, 15) is 4.79 Å². The first kappa shape index (κ1) is 9.43. The highest BCUT2D eigenvalue weighted by Crippen LogP contribution is 2.01. The summed E-state index contributed by atoms with van der Waals surface area (Å²) in [6, 6.07) is 0. The predicted molar refractivity (Wildman–Crippen MR) is 37.5 cm³/mol. The van der Waals surface area contributed by atoms with Crippen LogP contribution in [-0.2, 0) is 9.53 Å². The molecule has 0 aliphatic heterocycles. The average Bonchev–Trinajstić information content (AvgIpc) is 1.89. The van der Waals surface area contributed by atoms with Crippen LogP contribution in [0.5, 0.6) is 0 Å². The molecule has 0 fully saturated rings. The Hall–Kier alpha value is -0.570. The largest absolute Gasteiger partial charge is 0.465 e. The Bertz CT molecular complexity index is 82.9. The Kier molecular flexibility index (Phi) is 6.18. The van der Waals surface area contributed by atoms with Gasteiger partial charge in [0.25, 0.3) is 6.47 Å². The van der Waals surface area contributed by atoms with Crippen LogP contribution in [0.25, 0.3) is 0 Å². The molecule has 0 radical (unpaired) electrons. The van der Waals surface area contributed by atoms with Gasteiger partial charge in [-0.05, 0) is 26.2 Å². The van der Waals surface area contributed by atoms with Crippen molar-refractivity contribution >= 4 is 6.47 Å². The molecule has 3 heteroatoms. The van der Waals surface area contributed by atoms with Crippen LogP contribution in [-0.4, -0.2) is 24.3 Å². The van der Waals surface area contributed by atoms with Crippen molar-refractivity contribution in [2.75, 3.05) is 6.61 Å². The third-order valence-corrected chi connectivity index (χ3v) is 1.31. The van der Waals surface area contributed by atoms with E-state index in [1.165, 1.54) is 0 Å². The zero-order chi connectivity index (χ0) is 7.82. The number of aliphatic hydroxyl groups is 1. The fourth-order valence-corrected chi connectivity index (χ4v) is 0.706. The minimum Gasteiger partial charge on any atom is -0.465 e. The van der Waals surface area contributed by atoms with Crippen molar-refractivity contribution in [3.63, 3.8) is 0 Å². The first-order valence-corrected chi connectivity index (χ1v) is 3.51. The Morgan fingerprint density at radius 3 is 2.80 bits per heavy atom. The molecule has 0 amide bonds. The number of unbranched alkanes of at least 4 members (excludes halogenated alkanes) is 1. The van der Waals surface area contributed by atoms with Crippen molar-refractivity contribution in [3.8, 4) is 0 Å². The molecule has 3 nitrogen and oxygen atoms in total. The minimum absolute atomic E-state index is 0.0101. The molecule has 0 aromatic heterocycles. The number of hydrogen-bond acceptors (Lipinski definition) is 3. The van der Waals surface area contributed by atoms with E-state index in [0.717, 1.165) is 19.3 Å². The minimum atomic E-state index is -0.0101. The number of carbonyl (C=O) groups excluding carboxylic acids is 1. The van der Waals surface area contributed by atoms with Crippen molar-refractivity contribution in [2.24, 2.45) is 0 Å². The van der Waals surface area contributed by atoms with Crippen LogP contribution in [0.4, 0.5) is 0 Å². The van der Waals surface area contributed by atoms with Gasteiger partial charge in [0.15, 0.2) is 0 Å². The molecule has 60 valence electrons. The third kappa shape index (κ3) is 5.56. The molecule has 0 heterocycles. The summed E-state index contributed by atoms with van der Waals surface area (Å²) >= 11 is 0. The van der Waals surface area contributed by atoms with Gasteiger partial charge in [0.2, 0.25) is 0 Å².